The number of carbonyl (C=O) groups excluding carboxylic acids is 1. The lowest BCUT2D eigenvalue weighted by atomic mass is 10.2. The summed E-state index contributed by atoms with van der Waals surface area (Å²) >= 11 is 6.11. The number of anilines is 2. The van der Waals surface area contributed by atoms with Crippen molar-refractivity contribution in [1.29, 1.82) is 0 Å². The van der Waals surface area contributed by atoms with Crippen molar-refractivity contribution in [3.05, 3.63) is 88.7 Å². The van der Waals surface area contributed by atoms with Crippen LogP contribution in [0.25, 0.3) is 0 Å². The smallest absolute Gasteiger partial charge is 0.253 e. The first-order valence-electron chi connectivity index (χ1n) is 7.93. The quantitative estimate of drug-likeness (QED) is 0.699. The number of carbonyl (C=O) groups is 1. The Kier molecular flexibility index (Phi) is 5.31. The second-order valence-corrected chi connectivity index (χ2v) is 6.08. The van der Waals surface area contributed by atoms with E-state index in [4.69, 9.17) is 11.6 Å². The minimum Gasteiger partial charge on any atom is -0.354 e. The molecular formula is C20H18ClN3O. The number of hydrogen-bond acceptors (Lipinski definition) is 3. The predicted molar refractivity (Wildman–Crippen MR) is 101 cm³/mol. The molecule has 0 aliphatic heterocycles. The van der Waals surface area contributed by atoms with Crippen LogP contribution in [0, 0.1) is 6.92 Å². The molecule has 3 aromatic rings. The van der Waals surface area contributed by atoms with Crippen molar-refractivity contribution in [2.75, 3.05) is 5.32 Å². The Bertz CT molecular complexity index is 895. The Morgan fingerprint density at radius 2 is 1.84 bits per heavy atom. The molecule has 2 aromatic carbocycles. The van der Waals surface area contributed by atoms with Crippen molar-refractivity contribution in [3.8, 4) is 0 Å². The molecule has 0 fully saturated rings. The van der Waals surface area contributed by atoms with Crippen molar-refractivity contribution in [1.82, 2.24) is 10.3 Å². The summed E-state index contributed by atoms with van der Waals surface area (Å²) in [4.78, 5) is 16.5. The van der Waals surface area contributed by atoms with Gasteiger partial charge < -0.3 is 10.6 Å². The van der Waals surface area contributed by atoms with E-state index in [1.54, 1.807) is 24.5 Å². The summed E-state index contributed by atoms with van der Waals surface area (Å²) in [6.45, 7) is 2.39. The summed E-state index contributed by atoms with van der Waals surface area (Å²) in [5, 5.41) is 6.79. The van der Waals surface area contributed by atoms with Crippen LogP contribution in [0.4, 0.5) is 11.4 Å². The zero-order valence-corrected chi connectivity index (χ0v) is 14.5. The summed E-state index contributed by atoms with van der Waals surface area (Å²) in [5.74, 6) is -0.194. The normalized spacial score (nSPS) is 10.3. The van der Waals surface area contributed by atoms with Crippen LogP contribution in [-0.4, -0.2) is 10.9 Å². The first-order valence-corrected chi connectivity index (χ1v) is 8.30. The monoisotopic (exact) mass is 351 g/mol. The molecule has 0 saturated carbocycles. The molecule has 0 bridgehead atoms. The van der Waals surface area contributed by atoms with E-state index >= 15 is 0 Å². The van der Waals surface area contributed by atoms with Crippen LogP contribution in [0.1, 0.15) is 21.5 Å². The lowest BCUT2D eigenvalue weighted by Crippen LogP contribution is -2.23. The number of aromatic nitrogens is 1. The van der Waals surface area contributed by atoms with Gasteiger partial charge in [-0.2, -0.15) is 0 Å². The Morgan fingerprint density at radius 3 is 2.64 bits per heavy atom. The Balaban J connectivity index is 1.69. The summed E-state index contributed by atoms with van der Waals surface area (Å²) < 4.78 is 0. The number of pyridine rings is 1. The molecule has 0 aliphatic rings. The van der Waals surface area contributed by atoms with Gasteiger partial charge in [0.2, 0.25) is 0 Å². The molecule has 0 saturated heterocycles. The molecule has 126 valence electrons. The van der Waals surface area contributed by atoms with Crippen LogP contribution in [0.5, 0.6) is 0 Å². The zero-order valence-electron chi connectivity index (χ0n) is 13.8. The summed E-state index contributed by atoms with van der Waals surface area (Å²) in [5.41, 5.74) is 4.24. The summed E-state index contributed by atoms with van der Waals surface area (Å²) in [6, 6.07) is 17.2. The second-order valence-electron chi connectivity index (χ2n) is 5.68. The molecule has 4 nitrogen and oxygen atoms in total. The molecule has 0 unspecified atom stereocenters. The largest absolute Gasteiger partial charge is 0.354 e. The van der Waals surface area contributed by atoms with Gasteiger partial charge in [0.15, 0.2) is 0 Å². The minimum atomic E-state index is -0.194. The van der Waals surface area contributed by atoms with Crippen molar-refractivity contribution in [2.24, 2.45) is 0 Å². The SMILES string of the molecule is Cc1ccccc1Nc1cncc(C(=O)NCc2ccccc2Cl)c1. The first-order chi connectivity index (χ1) is 12.1. The number of aryl methyl sites for hydroxylation is 1. The van der Waals surface area contributed by atoms with Gasteiger partial charge in [0, 0.05) is 23.5 Å². The maximum atomic E-state index is 12.4. The number of halogens is 1. The van der Waals surface area contributed by atoms with Crippen molar-refractivity contribution in [3.63, 3.8) is 0 Å². The molecule has 5 heteroatoms. The van der Waals surface area contributed by atoms with Gasteiger partial charge in [-0.15, -0.1) is 0 Å². The van der Waals surface area contributed by atoms with E-state index in [9.17, 15) is 4.79 Å². The van der Waals surface area contributed by atoms with Crippen LogP contribution in [0.15, 0.2) is 67.0 Å². The fourth-order valence-electron chi connectivity index (χ4n) is 2.42. The van der Waals surface area contributed by atoms with E-state index in [0.29, 0.717) is 17.1 Å². The molecule has 0 spiro atoms. The topological polar surface area (TPSA) is 54.0 Å². The standard InChI is InChI=1S/C20H18ClN3O/c1-14-6-2-5-9-19(14)24-17-10-16(11-22-13-17)20(25)23-12-15-7-3-4-8-18(15)21/h2-11,13,24H,12H2,1H3,(H,23,25). The van der Waals surface area contributed by atoms with Crippen molar-refractivity contribution >= 4 is 28.9 Å². The Labute approximate surface area is 151 Å². The molecule has 0 aliphatic carbocycles. The van der Waals surface area contributed by atoms with Gasteiger partial charge in [-0.05, 0) is 36.2 Å². The number of hydrogen-bond donors (Lipinski definition) is 2. The summed E-state index contributed by atoms with van der Waals surface area (Å²) in [6.07, 6.45) is 3.24. The van der Waals surface area contributed by atoms with Crippen LogP contribution >= 0.6 is 11.6 Å². The maximum Gasteiger partial charge on any atom is 0.253 e. The molecule has 1 heterocycles. The van der Waals surface area contributed by atoms with Crippen LogP contribution < -0.4 is 10.6 Å². The molecular weight excluding hydrogens is 334 g/mol. The minimum absolute atomic E-state index is 0.194. The van der Waals surface area contributed by atoms with Crippen LogP contribution in [0.3, 0.4) is 0 Å². The molecule has 25 heavy (non-hydrogen) atoms. The average Bonchev–Trinajstić information content (AvgIpc) is 2.63. The average molecular weight is 352 g/mol. The van der Waals surface area contributed by atoms with Crippen molar-refractivity contribution < 1.29 is 4.79 Å². The predicted octanol–water partition coefficient (Wildman–Crippen LogP) is 4.72. The van der Waals surface area contributed by atoms with Gasteiger partial charge in [0.05, 0.1) is 17.4 Å². The van der Waals surface area contributed by atoms with E-state index in [0.717, 1.165) is 22.5 Å². The van der Waals surface area contributed by atoms with E-state index in [1.807, 2.05) is 49.4 Å². The van der Waals surface area contributed by atoms with E-state index in [1.165, 1.54) is 0 Å². The fraction of sp³-hybridized carbons (Fsp3) is 0.100. The molecule has 1 aromatic heterocycles. The van der Waals surface area contributed by atoms with Crippen LogP contribution in [0.2, 0.25) is 5.02 Å². The molecule has 0 atom stereocenters. The number of nitrogens with zero attached hydrogens (tertiary/aromatic N) is 1. The first kappa shape index (κ1) is 17.0. The van der Waals surface area contributed by atoms with Gasteiger partial charge >= 0.3 is 0 Å². The highest BCUT2D eigenvalue weighted by Gasteiger charge is 2.08. The van der Waals surface area contributed by atoms with Gasteiger partial charge in [0.1, 0.15) is 0 Å². The lowest BCUT2D eigenvalue weighted by Gasteiger charge is -2.11. The van der Waals surface area contributed by atoms with Crippen LogP contribution in [-0.2, 0) is 6.54 Å². The highest BCUT2D eigenvalue weighted by molar-refractivity contribution is 6.31. The van der Waals surface area contributed by atoms with Gasteiger partial charge in [-0.1, -0.05) is 48.0 Å². The van der Waals surface area contributed by atoms with E-state index in [-0.39, 0.29) is 5.91 Å². The fourth-order valence-corrected chi connectivity index (χ4v) is 2.62. The van der Waals surface area contributed by atoms with E-state index in [2.05, 4.69) is 15.6 Å². The second kappa shape index (κ2) is 7.81. The zero-order chi connectivity index (χ0) is 17.6. The molecule has 3 rings (SSSR count). The third kappa shape index (κ3) is 4.37. The van der Waals surface area contributed by atoms with Gasteiger partial charge in [-0.3, -0.25) is 9.78 Å². The molecule has 0 radical (unpaired) electrons. The Morgan fingerprint density at radius 1 is 1.08 bits per heavy atom. The Hall–Kier alpha value is -2.85. The maximum absolute atomic E-state index is 12.4. The molecule has 2 N–H and O–H groups in total. The number of amides is 1. The lowest BCUT2D eigenvalue weighted by molar-refractivity contribution is 0.0950. The van der Waals surface area contributed by atoms with E-state index < -0.39 is 0 Å². The number of rotatable bonds is 5. The highest BCUT2D eigenvalue weighted by Crippen LogP contribution is 2.20. The third-order valence-electron chi connectivity index (χ3n) is 3.82. The highest BCUT2D eigenvalue weighted by atomic mass is 35.5. The number of nitrogens with one attached hydrogen (secondary N) is 2. The number of benzene rings is 2. The third-order valence-corrected chi connectivity index (χ3v) is 4.19. The van der Waals surface area contributed by atoms with Crippen molar-refractivity contribution in [2.45, 2.75) is 13.5 Å². The van der Waals surface area contributed by atoms with Gasteiger partial charge in [0.25, 0.3) is 5.91 Å². The van der Waals surface area contributed by atoms with Gasteiger partial charge in [-0.25, -0.2) is 0 Å². The molecule has 1 amide bonds. The summed E-state index contributed by atoms with van der Waals surface area (Å²) in [7, 11) is 0. The number of para-hydroxylation sites is 1.